The van der Waals surface area contributed by atoms with Gasteiger partial charge in [0.05, 0.1) is 5.69 Å². The minimum atomic E-state index is -0.548. The van der Waals surface area contributed by atoms with Crippen LogP contribution in [0.15, 0.2) is 18.2 Å². The van der Waals surface area contributed by atoms with Crippen molar-refractivity contribution in [1.82, 2.24) is 0 Å². The van der Waals surface area contributed by atoms with Gasteiger partial charge in [0.25, 0.3) is 5.91 Å². The third-order valence-electron chi connectivity index (χ3n) is 4.78. The molecule has 4 N–H and O–H groups in total. The second-order valence-corrected chi connectivity index (χ2v) is 6.39. The predicted octanol–water partition coefficient (Wildman–Crippen LogP) is 1.48. The number of rotatable bonds is 4. The van der Waals surface area contributed by atoms with E-state index in [2.05, 4.69) is 0 Å². The van der Waals surface area contributed by atoms with Crippen LogP contribution in [0.5, 0.6) is 5.75 Å². The van der Waals surface area contributed by atoms with Crippen molar-refractivity contribution >= 4 is 17.5 Å². The molecule has 1 atom stereocenters. The minimum Gasteiger partial charge on any atom is -0.482 e. The summed E-state index contributed by atoms with van der Waals surface area (Å²) < 4.78 is 5.44. The number of nitrogens with two attached hydrogens (primary N) is 2. The van der Waals surface area contributed by atoms with Crippen LogP contribution in [0.4, 0.5) is 5.69 Å². The van der Waals surface area contributed by atoms with Crippen LogP contribution in [0.2, 0.25) is 0 Å². The summed E-state index contributed by atoms with van der Waals surface area (Å²) in [5, 5.41) is 0. The van der Waals surface area contributed by atoms with E-state index >= 15 is 0 Å². The molecule has 1 aliphatic heterocycles. The topological polar surface area (TPSA) is 98.7 Å². The van der Waals surface area contributed by atoms with E-state index in [0.29, 0.717) is 17.4 Å². The average molecular weight is 317 g/mol. The lowest BCUT2D eigenvalue weighted by Crippen LogP contribution is -2.43. The molecule has 6 nitrogen and oxygen atoms in total. The van der Waals surface area contributed by atoms with Crippen molar-refractivity contribution < 1.29 is 14.3 Å². The molecule has 0 saturated heterocycles. The van der Waals surface area contributed by atoms with Gasteiger partial charge in [0.15, 0.2) is 6.61 Å². The Hall–Kier alpha value is -2.08. The molecule has 0 spiro atoms. The van der Waals surface area contributed by atoms with Crippen LogP contribution < -0.4 is 21.1 Å². The number of carbonyl (C=O) groups is 2. The van der Waals surface area contributed by atoms with E-state index in [1.54, 1.807) is 0 Å². The Kier molecular flexibility index (Phi) is 4.52. The van der Waals surface area contributed by atoms with Crippen molar-refractivity contribution in [3.63, 3.8) is 0 Å². The second kappa shape index (κ2) is 6.58. The number of ether oxygens (including phenoxy) is 1. The summed E-state index contributed by atoms with van der Waals surface area (Å²) in [5.74, 6) is 0.241. The molecule has 0 bridgehead atoms. The standard InChI is InChI=1S/C17H23N3O3/c18-15(21)9-20-13-8-12(6-7-14(13)23-10-16(20)22)17(19)11-4-2-1-3-5-11/h6-8,11,17H,1-5,9-10,19H2,(H2,18,21). The predicted molar refractivity (Wildman–Crippen MR) is 87.0 cm³/mol. The Morgan fingerprint density at radius 2 is 2.04 bits per heavy atom. The van der Waals surface area contributed by atoms with Crippen LogP contribution in [-0.2, 0) is 9.59 Å². The molecule has 0 radical (unpaired) electrons. The number of benzene rings is 1. The molecule has 124 valence electrons. The molecule has 1 aromatic carbocycles. The molecule has 1 aliphatic carbocycles. The summed E-state index contributed by atoms with van der Waals surface area (Å²) in [5.41, 5.74) is 13.3. The molecular weight excluding hydrogens is 294 g/mol. The van der Waals surface area contributed by atoms with Crippen LogP contribution >= 0.6 is 0 Å². The lowest BCUT2D eigenvalue weighted by molar-refractivity contribution is -0.124. The smallest absolute Gasteiger partial charge is 0.265 e. The largest absolute Gasteiger partial charge is 0.482 e. The lowest BCUT2D eigenvalue weighted by Gasteiger charge is -2.31. The Morgan fingerprint density at radius 3 is 2.74 bits per heavy atom. The van der Waals surface area contributed by atoms with Crippen molar-refractivity contribution in [2.24, 2.45) is 17.4 Å². The van der Waals surface area contributed by atoms with Gasteiger partial charge >= 0.3 is 0 Å². The fourth-order valence-electron chi connectivity index (χ4n) is 3.52. The van der Waals surface area contributed by atoms with Crippen molar-refractivity contribution in [3.8, 4) is 5.75 Å². The zero-order valence-electron chi connectivity index (χ0n) is 13.2. The maximum Gasteiger partial charge on any atom is 0.265 e. The summed E-state index contributed by atoms with van der Waals surface area (Å²) >= 11 is 0. The van der Waals surface area contributed by atoms with Crippen LogP contribution in [-0.4, -0.2) is 25.0 Å². The number of hydrogen-bond acceptors (Lipinski definition) is 4. The maximum absolute atomic E-state index is 12.0. The molecule has 23 heavy (non-hydrogen) atoms. The number of anilines is 1. The highest BCUT2D eigenvalue weighted by Crippen LogP contribution is 2.38. The maximum atomic E-state index is 12.0. The average Bonchev–Trinajstić information content (AvgIpc) is 2.57. The van der Waals surface area contributed by atoms with Crippen LogP contribution in [0.3, 0.4) is 0 Å². The van der Waals surface area contributed by atoms with Crippen LogP contribution in [0, 0.1) is 5.92 Å². The zero-order chi connectivity index (χ0) is 16.4. The van der Waals surface area contributed by atoms with E-state index < -0.39 is 5.91 Å². The van der Waals surface area contributed by atoms with Gasteiger partial charge in [-0.25, -0.2) is 0 Å². The number of carbonyl (C=O) groups excluding carboxylic acids is 2. The quantitative estimate of drug-likeness (QED) is 0.878. The molecular formula is C17H23N3O3. The highest BCUT2D eigenvalue weighted by atomic mass is 16.5. The molecule has 2 aliphatic rings. The van der Waals surface area contributed by atoms with E-state index in [1.165, 1.54) is 24.2 Å². The molecule has 1 fully saturated rings. The first kappa shape index (κ1) is 15.8. The summed E-state index contributed by atoms with van der Waals surface area (Å²) in [6.45, 7) is -0.217. The molecule has 6 heteroatoms. The lowest BCUT2D eigenvalue weighted by atomic mass is 9.81. The van der Waals surface area contributed by atoms with Gasteiger partial charge in [0.2, 0.25) is 5.91 Å². The molecule has 0 aromatic heterocycles. The van der Waals surface area contributed by atoms with Gasteiger partial charge in [-0.1, -0.05) is 25.3 Å². The number of amides is 2. The number of nitrogens with zero attached hydrogens (tertiary/aromatic N) is 1. The number of fused-ring (bicyclic) bond motifs is 1. The highest BCUT2D eigenvalue weighted by Gasteiger charge is 2.29. The van der Waals surface area contributed by atoms with Gasteiger partial charge in [-0.05, 0) is 36.5 Å². The number of hydrogen-bond donors (Lipinski definition) is 2. The summed E-state index contributed by atoms with van der Waals surface area (Å²) in [6.07, 6.45) is 6.00. The Morgan fingerprint density at radius 1 is 1.30 bits per heavy atom. The van der Waals surface area contributed by atoms with Crippen molar-refractivity contribution in [1.29, 1.82) is 0 Å². The fourth-order valence-corrected chi connectivity index (χ4v) is 3.52. The fraction of sp³-hybridized carbons (Fsp3) is 0.529. The Balaban J connectivity index is 1.88. The molecule has 3 rings (SSSR count). The molecule has 1 unspecified atom stereocenters. The summed E-state index contributed by atoms with van der Waals surface area (Å²) in [7, 11) is 0. The normalized spacial score (nSPS) is 19.9. The Labute approximate surface area is 135 Å². The second-order valence-electron chi connectivity index (χ2n) is 6.39. The highest BCUT2D eigenvalue weighted by molar-refractivity contribution is 6.01. The van der Waals surface area contributed by atoms with Gasteiger partial charge in [-0.3, -0.25) is 14.5 Å². The zero-order valence-corrected chi connectivity index (χ0v) is 13.2. The van der Waals surface area contributed by atoms with E-state index in [1.807, 2.05) is 18.2 Å². The summed E-state index contributed by atoms with van der Waals surface area (Å²) in [6, 6.07) is 5.59. The van der Waals surface area contributed by atoms with E-state index in [0.717, 1.165) is 18.4 Å². The monoisotopic (exact) mass is 317 g/mol. The molecule has 2 amide bonds. The van der Waals surface area contributed by atoms with Gasteiger partial charge in [-0.2, -0.15) is 0 Å². The van der Waals surface area contributed by atoms with Crippen LogP contribution in [0.1, 0.15) is 43.7 Å². The van der Waals surface area contributed by atoms with E-state index in [-0.39, 0.29) is 25.1 Å². The van der Waals surface area contributed by atoms with Crippen molar-refractivity contribution in [2.45, 2.75) is 38.1 Å². The van der Waals surface area contributed by atoms with Gasteiger partial charge in [-0.15, -0.1) is 0 Å². The number of primary amides is 1. The van der Waals surface area contributed by atoms with Crippen molar-refractivity contribution in [3.05, 3.63) is 23.8 Å². The first-order chi connectivity index (χ1) is 11.1. The van der Waals surface area contributed by atoms with E-state index in [4.69, 9.17) is 16.2 Å². The molecule has 1 heterocycles. The third kappa shape index (κ3) is 3.32. The first-order valence-corrected chi connectivity index (χ1v) is 8.17. The van der Waals surface area contributed by atoms with Gasteiger partial charge in [0, 0.05) is 6.04 Å². The first-order valence-electron chi connectivity index (χ1n) is 8.17. The van der Waals surface area contributed by atoms with Gasteiger partial charge < -0.3 is 16.2 Å². The SMILES string of the molecule is NC(=O)CN1C(=O)COc2ccc(C(N)C3CCCCC3)cc21. The van der Waals surface area contributed by atoms with Crippen LogP contribution in [0.25, 0.3) is 0 Å². The van der Waals surface area contributed by atoms with Crippen molar-refractivity contribution in [2.75, 3.05) is 18.1 Å². The summed E-state index contributed by atoms with van der Waals surface area (Å²) in [4.78, 5) is 24.7. The molecule has 1 aromatic rings. The third-order valence-corrected chi connectivity index (χ3v) is 4.78. The minimum absolute atomic E-state index is 0.0620. The van der Waals surface area contributed by atoms with Gasteiger partial charge in [0.1, 0.15) is 12.3 Å². The van der Waals surface area contributed by atoms with E-state index in [9.17, 15) is 9.59 Å². The Bertz CT molecular complexity index is 611. The molecule has 1 saturated carbocycles.